The lowest BCUT2D eigenvalue weighted by atomic mass is 9.51. The van der Waals surface area contributed by atoms with Gasteiger partial charge in [0.25, 0.3) is 0 Å². The summed E-state index contributed by atoms with van der Waals surface area (Å²) >= 11 is 0. The Labute approximate surface area is 185 Å². The molecule has 3 aliphatic carbocycles. The van der Waals surface area contributed by atoms with Gasteiger partial charge in [-0.1, -0.05) is 26.0 Å². The van der Waals surface area contributed by atoms with Crippen LogP contribution in [0, 0.1) is 23.2 Å². The zero-order valence-electron chi connectivity index (χ0n) is 18.9. The summed E-state index contributed by atoms with van der Waals surface area (Å²) in [5.74, 6) is 2.20. The lowest BCUT2D eigenvalue weighted by molar-refractivity contribution is -0.124. The van der Waals surface area contributed by atoms with E-state index in [1.807, 2.05) is 0 Å². The zero-order valence-corrected chi connectivity index (χ0v) is 18.9. The van der Waals surface area contributed by atoms with E-state index in [0.29, 0.717) is 29.7 Å². The Bertz CT molecular complexity index is 947. The molecule has 7 rings (SSSR count). The van der Waals surface area contributed by atoms with E-state index in [1.165, 1.54) is 35.1 Å². The van der Waals surface area contributed by atoms with Gasteiger partial charge in [0.05, 0.1) is 12.2 Å². The van der Waals surface area contributed by atoms with Crippen LogP contribution in [0.15, 0.2) is 12.1 Å². The van der Waals surface area contributed by atoms with Crippen LogP contribution < -0.4 is 0 Å². The third-order valence-corrected chi connectivity index (χ3v) is 11.1. The van der Waals surface area contributed by atoms with Crippen molar-refractivity contribution in [1.29, 1.82) is 0 Å². The maximum atomic E-state index is 12.2. The molecule has 2 saturated heterocycles. The molecule has 2 bridgehead atoms. The second kappa shape index (κ2) is 6.14. The fourth-order valence-corrected chi connectivity index (χ4v) is 9.64. The number of hydrogen-bond acceptors (Lipinski definition) is 4. The van der Waals surface area contributed by atoms with Gasteiger partial charge in [-0.2, -0.15) is 0 Å². The van der Waals surface area contributed by atoms with Gasteiger partial charge in [-0.3, -0.25) is 4.90 Å². The SMILES string of the molecule is CC1c2ccc3c(c2C2(O)CC4CCC1N2C4)CC1C3CC(O)C2CC(O)CCC21C. The van der Waals surface area contributed by atoms with Gasteiger partial charge in [-0.05, 0) is 103 Å². The number of fused-ring (bicyclic) bond motifs is 9. The minimum Gasteiger partial charge on any atom is -0.393 e. The van der Waals surface area contributed by atoms with Crippen molar-refractivity contribution in [2.75, 3.05) is 6.54 Å². The van der Waals surface area contributed by atoms with Crippen LogP contribution in [0.2, 0.25) is 0 Å². The molecule has 10 unspecified atom stereocenters. The number of rotatable bonds is 0. The molecule has 4 heteroatoms. The zero-order chi connectivity index (χ0) is 21.3. The molecule has 3 aliphatic heterocycles. The summed E-state index contributed by atoms with van der Waals surface area (Å²) in [6.07, 6.45) is 7.22. The first kappa shape index (κ1) is 19.5. The fraction of sp³-hybridized carbons (Fsp3) is 0.778. The Morgan fingerprint density at radius 3 is 2.68 bits per heavy atom. The molecule has 6 aliphatic rings. The summed E-state index contributed by atoms with van der Waals surface area (Å²) in [6.45, 7) is 5.82. The standard InChI is InChI=1S/C27H37NO3/c1-14-17-4-5-18-19-11-24(30)22-9-16(29)7-8-26(22,2)21(19)10-20(18)25(17)27(31)12-15-3-6-23(14)28(27)13-15/h4-5,14-16,19,21-24,29-31H,3,6-13H2,1-2H3. The number of piperidine rings is 1. The molecular formula is C27H37NO3. The minimum absolute atomic E-state index is 0.0742. The first-order valence-electron chi connectivity index (χ1n) is 12.8. The van der Waals surface area contributed by atoms with Crippen LogP contribution in [0.3, 0.4) is 0 Å². The average molecular weight is 424 g/mol. The number of aliphatic hydroxyl groups is 3. The predicted molar refractivity (Wildman–Crippen MR) is 119 cm³/mol. The Morgan fingerprint density at radius 2 is 1.84 bits per heavy atom. The molecule has 31 heavy (non-hydrogen) atoms. The highest BCUT2D eigenvalue weighted by atomic mass is 16.3. The second-order valence-electron chi connectivity index (χ2n) is 12.3. The van der Waals surface area contributed by atoms with Gasteiger partial charge in [0.15, 0.2) is 0 Å². The smallest absolute Gasteiger partial charge is 0.145 e. The van der Waals surface area contributed by atoms with Crippen LogP contribution >= 0.6 is 0 Å². The van der Waals surface area contributed by atoms with E-state index in [9.17, 15) is 15.3 Å². The van der Waals surface area contributed by atoms with Crippen molar-refractivity contribution in [1.82, 2.24) is 4.90 Å². The van der Waals surface area contributed by atoms with Crippen LogP contribution in [0.25, 0.3) is 0 Å². The number of hydrogen-bond donors (Lipinski definition) is 3. The first-order chi connectivity index (χ1) is 14.8. The fourth-order valence-electron chi connectivity index (χ4n) is 9.64. The third kappa shape index (κ3) is 2.31. The summed E-state index contributed by atoms with van der Waals surface area (Å²) < 4.78 is 0. The topological polar surface area (TPSA) is 63.9 Å². The first-order valence-corrected chi connectivity index (χ1v) is 12.8. The van der Waals surface area contributed by atoms with Gasteiger partial charge < -0.3 is 15.3 Å². The molecule has 0 radical (unpaired) electrons. The Balaban J connectivity index is 1.37. The number of nitrogens with zero attached hydrogens (tertiary/aromatic N) is 1. The Hall–Kier alpha value is -0.940. The van der Waals surface area contributed by atoms with Gasteiger partial charge in [0.1, 0.15) is 5.72 Å². The lowest BCUT2D eigenvalue weighted by Gasteiger charge is -2.55. The van der Waals surface area contributed by atoms with Crippen molar-refractivity contribution in [2.45, 2.75) is 101 Å². The summed E-state index contributed by atoms with van der Waals surface area (Å²) in [5, 5.41) is 33.7. The molecule has 3 heterocycles. The van der Waals surface area contributed by atoms with E-state index < -0.39 is 5.72 Å². The highest BCUT2D eigenvalue weighted by Crippen LogP contribution is 2.64. The summed E-state index contributed by atoms with van der Waals surface area (Å²) in [6, 6.07) is 5.18. The molecule has 0 spiro atoms. The quantitative estimate of drug-likeness (QED) is 0.596. The van der Waals surface area contributed by atoms with Gasteiger partial charge in [0.2, 0.25) is 0 Å². The normalized spacial score (nSPS) is 52.3. The second-order valence-corrected chi connectivity index (χ2v) is 12.3. The predicted octanol–water partition coefficient (Wildman–Crippen LogP) is 3.62. The molecule has 168 valence electrons. The van der Waals surface area contributed by atoms with E-state index in [1.54, 1.807) is 0 Å². The van der Waals surface area contributed by atoms with Crippen molar-refractivity contribution < 1.29 is 15.3 Å². The Morgan fingerprint density at radius 1 is 1.03 bits per heavy atom. The van der Waals surface area contributed by atoms with Gasteiger partial charge >= 0.3 is 0 Å². The number of benzene rings is 1. The van der Waals surface area contributed by atoms with E-state index in [-0.39, 0.29) is 23.5 Å². The molecule has 1 aromatic rings. The highest BCUT2D eigenvalue weighted by molar-refractivity contribution is 5.53. The minimum atomic E-state index is -0.784. The van der Waals surface area contributed by atoms with Crippen LogP contribution in [0.4, 0.5) is 0 Å². The van der Waals surface area contributed by atoms with Crippen molar-refractivity contribution >= 4 is 0 Å². The molecule has 10 atom stereocenters. The van der Waals surface area contributed by atoms with Gasteiger partial charge in [-0.15, -0.1) is 0 Å². The van der Waals surface area contributed by atoms with Crippen LogP contribution in [0.1, 0.15) is 92.9 Å². The van der Waals surface area contributed by atoms with Crippen LogP contribution in [0.5, 0.6) is 0 Å². The molecular weight excluding hydrogens is 386 g/mol. The molecule has 3 N–H and O–H groups in total. The van der Waals surface area contributed by atoms with Crippen molar-refractivity contribution in [2.24, 2.45) is 23.2 Å². The van der Waals surface area contributed by atoms with E-state index >= 15 is 0 Å². The molecule has 4 nitrogen and oxygen atoms in total. The number of aliphatic hydroxyl groups excluding tert-OH is 2. The molecule has 0 aromatic heterocycles. The molecule has 4 fully saturated rings. The summed E-state index contributed by atoms with van der Waals surface area (Å²) in [7, 11) is 0. The van der Waals surface area contributed by atoms with Crippen LogP contribution in [-0.4, -0.2) is 45.0 Å². The van der Waals surface area contributed by atoms with E-state index in [2.05, 4.69) is 30.9 Å². The lowest BCUT2D eigenvalue weighted by Crippen LogP contribution is -2.54. The monoisotopic (exact) mass is 423 g/mol. The molecule has 2 saturated carbocycles. The Kier molecular flexibility index (Phi) is 3.86. The van der Waals surface area contributed by atoms with E-state index in [0.717, 1.165) is 45.1 Å². The van der Waals surface area contributed by atoms with Gasteiger partial charge in [0, 0.05) is 18.2 Å². The molecule has 0 amide bonds. The maximum Gasteiger partial charge on any atom is 0.145 e. The summed E-state index contributed by atoms with van der Waals surface area (Å²) in [4.78, 5) is 2.47. The highest BCUT2D eigenvalue weighted by Gasteiger charge is 2.61. The third-order valence-electron chi connectivity index (χ3n) is 11.1. The maximum absolute atomic E-state index is 12.2. The van der Waals surface area contributed by atoms with E-state index in [4.69, 9.17) is 0 Å². The van der Waals surface area contributed by atoms with Crippen molar-refractivity contribution in [3.05, 3.63) is 34.4 Å². The molecule has 1 aromatic carbocycles. The largest absolute Gasteiger partial charge is 0.393 e. The average Bonchev–Trinajstić information content (AvgIpc) is 3.25. The summed E-state index contributed by atoms with van der Waals surface area (Å²) in [5.41, 5.74) is 4.78. The van der Waals surface area contributed by atoms with Crippen molar-refractivity contribution in [3.8, 4) is 0 Å². The van der Waals surface area contributed by atoms with Crippen molar-refractivity contribution in [3.63, 3.8) is 0 Å². The van der Waals surface area contributed by atoms with Gasteiger partial charge in [-0.25, -0.2) is 0 Å². The van der Waals surface area contributed by atoms with Crippen LogP contribution in [-0.2, 0) is 12.1 Å².